The van der Waals surface area contributed by atoms with Gasteiger partial charge in [-0.05, 0) is 30.9 Å². The normalized spacial score (nSPS) is 19.4. The average Bonchev–Trinajstić information content (AvgIpc) is 3.06. The van der Waals surface area contributed by atoms with Crippen molar-refractivity contribution >= 4 is 23.6 Å². The van der Waals surface area contributed by atoms with Crippen LogP contribution in [0.4, 0.5) is 10.5 Å². The van der Waals surface area contributed by atoms with E-state index in [2.05, 4.69) is 10.6 Å². The van der Waals surface area contributed by atoms with Gasteiger partial charge < -0.3 is 20.6 Å². The fourth-order valence-electron chi connectivity index (χ4n) is 3.91. The van der Waals surface area contributed by atoms with E-state index in [1.807, 2.05) is 0 Å². The molecule has 3 N–H and O–H groups in total. The van der Waals surface area contributed by atoms with Crippen molar-refractivity contribution < 1.29 is 19.5 Å². The average molecular weight is 373 g/mol. The summed E-state index contributed by atoms with van der Waals surface area (Å²) >= 11 is 0. The van der Waals surface area contributed by atoms with Gasteiger partial charge in [-0.25, -0.2) is 4.79 Å². The number of nitrogens with zero attached hydrogens (tertiary/aromatic N) is 1. The number of hydrogen-bond acceptors (Lipinski definition) is 3. The van der Waals surface area contributed by atoms with Crippen molar-refractivity contribution in [2.45, 2.75) is 56.9 Å². The minimum absolute atomic E-state index is 0.110. The molecule has 1 saturated carbocycles. The molecule has 1 unspecified atom stereocenters. The molecule has 3 amide bonds. The Morgan fingerprint density at radius 3 is 2.59 bits per heavy atom. The van der Waals surface area contributed by atoms with E-state index < -0.39 is 11.9 Å². The van der Waals surface area contributed by atoms with Crippen LogP contribution in [0.15, 0.2) is 24.3 Å². The van der Waals surface area contributed by atoms with Crippen molar-refractivity contribution in [3.63, 3.8) is 0 Å². The number of hydrogen-bond donors (Lipinski definition) is 3. The van der Waals surface area contributed by atoms with Gasteiger partial charge in [0.1, 0.15) is 5.92 Å². The molecule has 1 aromatic rings. The molecule has 27 heavy (non-hydrogen) atoms. The minimum atomic E-state index is -0.918. The van der Waals surface area contributed by atoms with E-state index in [0.717, 1.165) is 25.7 Å². The van der Waals surface area contributed by atoms with E-state index in [0.29, 0.717) is 24.2 Å². The van der Waals surface area contributed by atoms with Gasteiger partial charge in [-0.15, -0.1) is 0 Å². The third-order valence-corrected chi connectivity index (χ3v) is 5.36. The molecule has 1 aromatic carbocycles. The van der Waals surface area contributed by atoms with Crippen LogP contribution < -0.4 is 15.5 Å². The SMILES string of the molecule is O=C(NCCCC(=O)N1CC(C(=O)O)c2ccccc21)NC1CCCCC1. The summed E-state index contributed by atoms with van der Waals surface area (Å²) in [5.74, 6) is -1.70. The summed E-state index contributed by atoms with van der Waals surface area (Å²) in [5, 5.41) is 15.2. The number of benzene rings is 1. The Labute approximate surface area is 159 Å². The monoisotopic (exact) mass is 373 g/mol. The first-order chi connectivity index (χ1) is 13.1. The summed E-state index contributed by atoms with van der Waals surface area (Å²) in [6.45, 7) is 0.589. The first-order valence-electron chi connectivity index (χ1n) is 9.72. The molecule has 1 atom stereocenters. The third-order valence-electron chi connectivity index (χ3n) is 5.36. The van der Waals surface area contributed by atoms with Gasteiger partial charge >= 0.3 is 12.0 Å². The lowest BCUT2D eigenvalue weighted by Crippen LogP contribution is -2.43. The lowest BCUT2D eigenvalue weighted by atomic mass is 9.96. The van der Waals surface area contributed by atoms with Gasteiger partial charge in [-0.2, -0.15) is 0 Å². The van der Waals surface area contributed by atoms with Crippen LogP contribution in [0.1, 0.15) is 56.4 Å². The highest BCUT2D eigenvalue weighted by Gasteiger charge is 2.35. The molecule has 0 spiro atoms. The van der Waals surface area contributed by atoms with Crippen LogP contribution in [-0.4, -0.2) is 42.1 Å². The second kappa shape index (κ2) is 8.88. The van der Waals surface area contributed by atoms with Crippen molar-refractivity contribution in [1.82, 2.24) is 10.6 Å². The summed E-state index contributed by atoms with van der Waals surface area (Å²) < 4.78 is 0. The van der Waals surface area contributed by atoms with Crippen LogP contribution in [0.3, 0.4) is 0 Å². The highest BCUT2D eigenvalue weighted by Crippen LogP contribution is 2.36. The molecule has 0 bridgehead atoms. The van der Waals surface area contributed by atoms with Crippen LogP contribution in [0, 0.1) is 0 Å². The maximum Gasteiger partial charge on any atom is 0.315 e. The van der Waals surface area contributed by atoms with Gasteiger partial charge in [0.15, 0.2) is 0 Å². The zero-order valence-corrected chi connectivity index (χ0v) is 15.4. The van der Waals surface area contributed by atoms with Gasteiger partial charge in [0, 0.05) is 31.2 Å². The molecule has 0 saturated heterocycles. The molecule has 7 heteroatoms. The Morgan fingerprint density at radius 2 is 1.85 bits per heavy atom. The number of carbonyl (C=O) groups is 3. The molecule has 1 fully saturated rings. The molecule has 3 rings (SSSR count). The molecule has 1 heterocycles. The van der Waals surface area contributed by atoms with E-state index in [1.165, 1.54) is 6.42 Å². The molecule has 146 valence electrons. The van der Waals surface area contributed by atoms with Crippen LogP contribution in [0.5, 0.6) is 0 Å². The molecule has 7 nitrogen and oxygen atoms in total. The molecular formula is C20H27N3O4. The van der Waals surface area contributed by atoms with E-state index in [4.69, 9.17) is 0 Å². The number of para-hydroxylation sites is 1. The zero-order valence-electron chi connectivity index (χ0n) is 15.4. The Hall–Kier alpha value is -2.57. The van der Waals surface area contributed by atoms with Crippen molar-refractivity contribution in [3.8, 4) is 0 Å². The molecule has 0 aromatic heterocycles. The van der Waals surface area contributed by atoms with E-state index in [-0.39, 0.29) is 30.9 Å². The number of carboxylic acid groups (broad SMARTS) is 1. The molecular weight excluding hydrogens is 346 g/mol. The smallest absolute Gasteiger partial charge is 0.315 e. The first-order valence-corrected chi connectivity index (χ1v) is 9.72. The van der Waals surface area contributed by atoms with E-state index in [9.17, 15) is 19.5 Å². The van der Waals surface area contributed by atoms with Gasteiger partial charge in [0.2, 0.25) is 5.91 Å². The summed E-state index contributed by atoms with van der Waals surface area (Å²) in [6, 6.07) is 7.23. The van der Waals surface area contributed by atoms with Gasteiger partial charge in [-0.3, -0.25) is 9.59 Å². The Morgan fingerprint density at radius 1 is 1.11 bits per heavy atom. The van der Waals surface area contributed by atoms with E-state index in [1.54, 1.807) is 29.2 Å². The van der Waals surface area contributed by atoms with E-state index >= 15 is 0 Å². The van der Waals surface area contributed by atoms with Crippen LogP contribution >= 0.6 is 0 Å². The number of urea groups is 1. The number of carboxylic acids is 1. The topological polar surface area (TPSA) is 98.7 Å². The van der Waals surface area contributed by atoms with Crippen LogP contribution in [-0.2, 0) is 9.59 Å². The van der Waals surface area contributed by atoms with Gasteiger partial charge in [0.05, 0.1) is 0 Å². The summed E-state index contributed by atoms with van der Waals surface area (Å²) in [4.78, 5) is 37.4. The molecule has 1 aliphatic carbocycles. The Balaban J connectivity index is 1.43. The second-order valence-corrected chi connectivity index (χ2v) is 7.29. The highest BCUT2D eigenvalue weighted by molar-refractivity contribution is 5.98. The fraction of sp³-hybridized carbons (Fsp3) is 0.550. The number of anilines is 1. The summed E-state index contributed by atoms with van der Waals surface area (Å²) in [6.07, 6.45) is 6.42. The summed E-state index contributed by atoms with van der Waals surface area (Å²) in [7, 11) is 0. The lowest BCUT2D eigenvalue weighted by molar-refractivity contribution is -0.138. The largest absolute Gasteiger partial charge is 0.481 e. The van der Waals surface area contributed by atoms with Gasteiger partial charge in [0.25, 0.3) is 0 Å². The quantitative estimate of drug-likeness (QED) is 0.668. The maximum absolute atomic E-state index is 12.5. The number of fused-ring (bicyclic) bond motifs is 1. The molecule has 1 aliphatic heterocycles. The van der Waals surface area contributed by atoms with Crippen molar-refractivity contribution in [3.05, 3.63) is 29.8 Å². The lowest BCUT2D eigenvalue weighted by Gasteiger charge is -2.23. The Bertz CT molecular complexity index is 700. The number of nitrogens with one attached hydrogen (secondary N) is 2. The zero-order chi connectivity index (χ0) is 19.2. The standard InChI is InChI=1S/C20H27N3O4/c24-18(11-6-12-21-20(27)22-14-7-2-1-3-8-14)23-13-16(19(25)26)15-9-4-5-10-17(15)23/h4-5,9-10,14,16H,1-3,6-8,11-13H2,(H,25,26)(H2,21,22,27). The predicted molar refractivity (Wildman–Crippen MR) is 102 cm³/mol. The predicted octanol–water partition coefficient (Wildman–Crippen LogP) is 2.61. The maximum atomic E-state index is 12.5. The Kier molecular flexibility index (Phi) is 6.32. The van der Waals surface area contributed by atoms with Crippen LogP contribution in [0.2, 0.25) is 0 Å². The van der Waals surface area contributed by atoms with Crippen molar-refractivity contribution in [1.29, 1.82) is 0 Å². The molecule has 2 aliphatic rings. The highest BCUT2D eigenvalue weighted by atomic mass is 16.4. The minimum Gasteiger partial charge on any atom is -0.481 e. The fourth-order valence-corrected chi connectivity index (χ4v) is 3.91. The van der Waals surface area contributed by atoms with Crippen molar-refractivity contribution in [2.75, 3.05) is 18.0 Å². The molecule has 0 radical (unpaired) electrons. The first kappa shape index (κ1) is 19.2. The summed E-state index contributed by atoms with van der Waals surface area (Å²) in [5.41, 5.74) is 1.36. The van der Waals surface area contributed by atoms with Crippen molar-refractivity contribution in [2.24, 2.45) is 0 Å². The van der Waals surface area contributed by atoms with Crippen LogP contribution in [0.25, 0.3) is 0 Å². The number of carbonyl (C=O) groups excluding carboxylic acids is 2. The number of rotatable bonds is 6. The third kappa shape index (κ3) is 4.78. The number of amides is 3. The van der Waals surface area contributed by atoms with Gasteiger partial charge in [-0.1, -0.05) is 37.5 Å². The number of aliphatic carboxylic acids is 1. The second-order valence-electron chi connectivity index (χ2n) is 7.29.